The van der Waals surface area contributed by atoms with E-state index in [9.17, 15) is 5.26 Å². The molecule has 0 aromatic heterocycles. The molecule has 1 N–H and O–H groups in total. The fourth-order valence-corrected chi connectivity index (χ4v) is 2.71. The van der Waals surface area contributed by atoms with Crippen LogP contribution in [0.25, 0.3) is 0 Å². The molecule has 0 aromatic carbocycles. The zero-order valence-electron chi connectivity index (χ0n) is 13.5. The lowest BCUT2D eigenvalue weighted by molar-refractivity contribution is -0.0239. The Hall–Kier alpha value is -0.670. The highest BCUT2D eigenvalue weighted by atomic mass is 16.5. The van der Waals surface area contributed by atoms with E-state index in [0.29, 0.717) is 19.8 Å². The average molecular weight is 298 g/mol. The number of nitrogens with one attached hydrogen (secondary N) is 1. The largest absolute Gasteiger partial charge is 0.385 e. The molecule has 5 nitrogen and oxygen atoms in total. The standard InChI is InChI=1S/C16H30N2O3/c1-3-8-18-16(14-17)7-4-6-15(13-16)21-12-11-20-10-5-9-19-2/h15,18H,3-13H2,1-2H3. The van der Waals surface area contributed by atoms with Gasteiger partial charge in [-0.1, -0.05) is 6.92 Å². The van der Waals surface area contributed by atoms with Crippen LogP contribution < -0.4 is 5.32 Å². The summed E-state index contributed by atoms with van der Waals surface area (Å²) in [6.07, 6.45) is 5.93. The number of ether oxygens (including phenoxy) is 3. The Balaban J connectivity index is 2.19. The van der Waals surface area contributed by atoms with Gasteiger partial charge in [0.1, 0.15) is 5.54 Å². The molecule has 1 rings (SSSR count). The van der Waals surface area contributed by atoms with E-state index >= 15 is 0 Å². The summed E-state index contributed by atoms with van der Waals surface area (Å²) < 4.78 is 16.3. The van der Waals surface area contributed by atoms with Gasteiger partial charge in [0.25, 0.3) is 0 Å². The summed E-state index contributed by atoms with van der Waals surface area (Å²) in [6.45, 7) is 5.67. The van der Waals surface area contributed by atoms with Crippen molar-refractivity contribution >= 4 is 0 Å². The van der Waals surface area contributed by atoms with Crippen molar-refractivity contribution in [2.24, 2.45) is 0 Å². The molecule has 21 heavy (non-hydrogen) atoms. The smallest absolute Gasteiger partial charge is 0.109 e. The first-order valence-corrected chi connectivity index (χ1v) is 8.11. The first kappa shape index (κ1) is 18.4. The number of hydrogen-bond donors (Lipinski definition) is 1. The summed E-state index contributed by atoms with van der Waals surface area (Å²) in [4.78, 5) is 0. The van der Waals surface area contributed by atoms with Crippen LogP contribution in [0.1, 0.15) is 45.4 Å². The maximum atomic E-state index is 9.47. The molecular formula is C16H30N2O3. The molecule has 0 aliphatic heterocycles. The van der Waals surface area contributed by atoms with Gasteiger partial charge in [0.15, 0.2) is 0 Å². The summed E-state index contributed by atoms with van der Waals surface area (Å²) in [7, 11) is 1.69. The van der Waals surface area contributed by atoms with Gasteiger partial charge in [-0.25, -0.2) is 0 Å². The third kappa shape index (κ3) is 7.23. The zero-order valence-corrected chi connectivity index (χ0v) is 13.5. The number of rotatable bonds is 11. The van der Waals surface area contributed by atoms with E-state index in [1.807, 2.05) is 0 Å². The van der Waals surface area contributed by atoms with Crippen LogP contribution in [0.2, 0.25) is 0 Å². The Bertz CT molecular complexity index is 306. The summed E-state index contributed by atoms with van der Waals surface area (Å²) in [6, 6.07) is 2.47. The topological polar surface area (TPSA) is 63.5 Å². The quantitative estimate of drug-likeness (QED) is 0.593. The maximum absolute atomic E-state index is 9.47. The molecule has 1 aliphatic rings. The van der Waals surface area contributed by atoms with E-state index in [1.165, 1.54) is 0 Å². The number of nitriles is 1. The third-order valence-corrected chi connectivity index (χ3v) is 3.85. The van der Waals surface area contributed by atoms with Gasteiger partial charge in [0.2, 0.25) is 0 Å². The lowest BCUT2D eigenvalue weighted by Crippen LogP contribution is -2.49. The fourth-order valence-electron chi connectivity index (χ4n) is 2.71. The Labute approximate surface area is 128 Å². The van der Waals surface area contributed by atoms with E-state index in [2.05, 4.69) is 18.3 Å². The predicted molar refractivity (Wildman–Crippen MR) is 82.2 cm³/mol. The molecule has 2 atom stereocenters. The maximum Gasteiger partial charge on any atom is 0.109 e. The van der Waals surface area contributed by atoms with Crippen molar-refractivity contribution in [2.75, 3.05) is 40.1 Å². The Kier molecular flexibility index (Phi) is 9.60. The van der Waals surface area contributed by atoms with Crippen LogP contribution in [0.15, 0.2) is 0 Å². The fraction of sp³-hybridized carbons (Fsp3) is 0.938. The first-order valence-electron chi connectivity index (χ1n) is 8.11. The van der Waals surface area contributed by atoms with Crippen LogP contribution in [0.4, 0.5) is 0 Å². The van der Waals surface area contributed by atoms with Gasteiger partial charge in [-0.05, 0) is 38.6 Å². The Morgan fingerprint density at radius 2 is 2.14 bits per heavy atom. The minimum atomic E-state index is -0.391. The third-order valence-electron chi connectivity index (χ3n) is 3.85. The summed E-state index contributed by atoms with van der Waals surface area (Å²) in [5.41, 5.74) is -0.391. The van der Waals surface area contributed by atoms with Crippen LogP contribution in [0.3, 0.4) is 0 Å². The van der Waals surface area contributed by atoms with Crippen LogP contribution in [-0.2, 0) is 14.2 Å². The van der Waals surface area contributed by atoms with Crippen molar-refractivity contribution < 1.29 is 14.2 Å². The number of nitrogens with zero attached hydrogens (tertiary/aromatic N) is 1. The molecule has 5 heteroatoms. The SMILES string of the molecule is CCCNC1(C#N)CCCC(OCCOCCCOC)C1. The predicted octanol–water partition coefficient (Wildman–Crippen LogP) is 2.26. The normalized spacial score (nSPS) is 25.7. The molecule has 2 unspecified atom stereocenters. The van der Waals surface area contributed by atoms with Crippen LogP contribution in [-0.4, -0.2) is 51.7 Å². The highest BCUT2D eigenvalue weighted by Crippen LogP contribution is 2.29. The molecule has 0 bridgehead atoms. The van der Waals surface area contributed by atoms with Gasteiger partial charge < -0.3 is 14.2 Å². The van der Waals surface area contributed by atoms with Crippen molar-refractivity contribution in [1.29, 1.82) is 5.26 Å². The molecular weight excluding hydrogens is 268 g/mol. The van der Waals surface area contributed by atoms with Gasteiger partial charge >= 0.3 is 0 Å². The van der Waals surface area contributed by atoms with Gasteiger partial charge in [0.05, 0.1) is 25.4 Å². The minimum absolute atomic E-state index is 0.172. The summed E-state index contributed by atoms with van der Waals surface area (Å²) in [5.74, 6) is 0. The average Bonchev–Trinajstić information content (AvgIpc) is 2.52. The molecule has 0 radical (unpaired) electrons. The van der Waals surface area contributed by atoms with Crippen molar-refractivity contribution in [3.05, 3.63) is 0 Å². The molecule has 1 fully saturated rings. The Morgan fingerprint density at radius 3 is 2.86 bits per heavy atom. The zero-order chi connectivity index (χ0) is 15.4. The second-order valence-corrected chi connectivity index (χ2v) is 5.67. The highest BCUT2D eigenvalue weighted by molar-refractivity contribution is 5.10. The molecule has 1 saturated carbocycles. The Morgan fingerprint density at radius 1 is 1.29 bits per heavy atom. The van der Waals surface area contributed by atoms with Crippen molar-refractivity contribution in [3.8, 4) is 6.07 Å². The second kappa shape index (κ2) is 11.0. The van der Waals surface area contributed by atoms with Gasteiger partial charge in [-0.2, -0.15) is 5.26 Å². The van der Waals surface area contributed by atoms with Gasteiger partial charge in [-0.3, -0.25) is 5.32 Å². The lowest BCUT2D eigenvalue weighted by atomic mass is 9.81. The van der Waals surface area contributed by atoms with Crippen molar-refractivity contribution in [1.82, 2.24) is 5.32 Å². The van der Waals surface area contributed by atoms with Crippen LogP contribution in [0, 0.1) is 11.3 Å². The lowest BCUT2D eigenvalue weighted by Gasteiger charge is -2.36. The number of hydrogen-bond acceptors (Lipinski definition) is 5. The first-order chi connectivity index (χ1) is 10.3. The van der Waals surface area contributed by atoms with E-state index in [4.69, 9.17) is 14.2 Å². The number of methoxy groups -OCH3 is 1. The molecule has 1 aliphatic carbocycles. The van der Waals surface area contributed by atoms with E-state index in [0.717, 1.165) is 51.7 Å². The van der Waals surface area contributed by atoms with Crippen LogP contribution >= 0.6 is 0 Å². The molecule has 0 aromatic rings. The minimum Gasteiger partial charge on any atom is -0.385 e. The van der Waals surface area contributed by atoms with E-state index < -0.39 is 5.54 Å². The van der Waals surface area contributed by atoms with Crippen molar-refractivity contribution in [3.63, 3.8) is 0 Å². The molecule has 0 spiro atoms. The monoisotopic (exact) mass is 298 g/mol. The van der Waals surface area contributed by atoms with Gasteiger partial charge in [-0.15, -0.1) is 0 Å². The molecule has 122 valence electrons. The highest BCUT2D eigenvalue weighted by Gasteiger charge is 2.36. The van der Waals surface area contributed by atoms with E-state index in [1.54, 1.807) is 7.11 Å². The van der Waals surface area contributed by atoms with Crippen LogP contribution in [0.5, 0.6) is 0 Å². The molecule has 0 amide bonds. The summed E-state index contributed by atoms with van der Waals surface area (Å²) in [5, 5.41) is 12.9. The van der Waals surface area contributed by atoms with E-state index in [-0.39, 0.29) is 6.10 Å². The molecule has 0 heterocycles. The molecule has 0 saturated heterocycles. The van der Waals surface area contributed by atoms with Crippen molar-refractivity contribution in [2.45, 2.75) is 57.1 Å². The second-order valence-electron chi connectivity index (χ2n) is 5.67. The summed E-state index contributed by atoms with van der Waals surface area (Å²) >= 11 is 0. The van der Waals surface area contributed by atoms with Gasteiger partial charge in [0, 0.05) is 26.7 Å².